The number of anilines is 1. The number of carbonyl (C=O) groups is 2. The molecule has 5 nitrogen and oxygen atoms in total. The number of benzene rings is 1. The standard InChI is InChI=1S/C17H24ClN3O2/c1-12(2)17(23)21-8-6-20(7-9-21)11-16(22)19-15-5-4-13(3)10-14(15)18/h4-5,10,12H,6-9,11H2,1-3H3,(H,19,22). The minimum absolute atomic E-state index is 0.0218. The number of piperazine rings is 1. The van der Waals surface area contributed by atoms with Crippen LogP contribution in [0.3, 0.4) is 0 Å². The summed E-state index contributed by atoms with van der Waals surface area (Å²) in [4.78, 5) is 28.0. The Morgan fingerprint density at radius 2 is 1.87 bits per heavy atom. The Morgan fingerprint density at radius 1 is 1.22 bits per heavy atom. The molecule has 0 aromatic heterocycles. The lowest BCUT2D eigenvalue weighted by Gasteiger charge is -2.35. The SMILES string of the molecule is Cc1ccc(NC(=O)CN2CCN(C(=O)C(C)C)CC2)c(Cl)c1. The van der Waals surface area contributed by atoms with Crippen LogP contribution in [0.25, 0.3) is 0 Å². The highest BCUT2D eigenvalue weighted by Gasteiger charge is 2.23. The van der Waals surface area contributed by atoms with Crippen molar-refractivity contribution >= 4 is 29.1 Å². The molecule has 1 heterocycles. The summed E-state index contributed by atoms with van der Waals surface area (Å²) in [6.45, 7) is 8.87. The molecular formula is C17H24ClN3O2. The van der Waals surface area contributed by atoms with Crippen molar-refractivity contribution < 1.29 is 9.59 Å². The number of hydrogen-bond acceptors (Lipinski definition) is 3. The molecule has 0 bridgehead atoms. The normalized spacial score (nSPS) is 15.8. The molecule has 2 rings (SSSR count). The number of aryl methyl sites for hydroxylation is 1. The summed E-state index contributed by atoms with van der Waals surface area (Å²) in [5.41, 5.74) is 1.69. The fourth-order valence-electron chi connectivity index (χ4n) is 2.61. The monoisotopic (exact) mass is 337 g/mol. The zero-order valence-corrected chi connectivity index (χ0v) is 14.7. The minimum atomic E-state index is -0.0839. The molecule has 0 radical (unpaired) electrons. The van der Waals surface area contributed by atoms with E-state index in [2.05, 4.69) is 10.2 Å². The maximum absolute atomic E-state index is 12.1. The van der Waals surface area contributed by atoms with Gasteiger partial charge in [-0.2, -0.15) is 0 Å². The molecule has 0 saturated carbocycles. The quantitative estimate of drug-likeness (QED) is 0.917. The van der Waals surface area contributed by atoms with Crippen LogP contribution in [0.2, 0.25) is 5.02 Å². The van der Waals surface area contributed by atoms with Gasteiger partial charge in [0.2, 0.25) is 11.8 Å². The third-order valence-corrected chi connectivity index (χ3v) is 4.26. The number of hydrogen-bond donors (Lipinski definition) is 1. The first-order valence-corrected chi connectivity index (χ1v) is 8.31. The Labute approximate surface area is 142 Å². The summed E-state index contributed by atoms with van der Waals surface area (Å²) >= 11 is 6.13. The topological polar surface area (TPSA) is 52.7 Å². The molecule has 126 valence electrons. The van der Waals surface area contributed by atoms with Crippen LogP contribution in [0.4, 0.5) is 5.69 Å². The average molecular weight is 338 g/mol. The summed E-state index contributed by atoms with van der Waals surface area (Å²) in [6, 6.07) is 5.56. The molecule has 1 aromatic rings. The van der Waals surface area contributed by atoms with E-state index in [1.807, 2.05) is 43.9 Å². The first-order valence-electron chi connectivity index (χ1n) is 7.94. The molecule has 1 aromatic carbocycles. The lowest BCUT2D eigenvalue weighted by molar-refractivity contribution is -0.136. The molecular weight excluding hydrogens is 314 g/mol. The van der Waals surface area contributed by atoms with Crippen LogP contribution in [-0.4, -0.2) is 54.3 Å². The zero-order chi connectivity index (χ0) is 17.0. The molecule has 0 atom stereocenters. The van der Waals surface area contributed by atoms with E-state index < -0.39 is 0 Å². The molecule has 1 fully saturated rings. The summed E-state index contributed by atoms with van der Waals surface area (Å²) in [7, 11) is 0. The van der Waals surface area contributed by atoms with Crippen molar-refractivity contribution in [3.63, 3.8) is 0 Å². The van der Waals surface area contributed by atoms with Gasteiger partial charge in [0.05, 0.1) is 17.3 Å². The van der Waals surface area contributed by atoms with Gasteiger partial charge in [-0.25, -0.2) is 0 Å². The highest BCUT2D eigenvalue weighted by atomic mass is 35.5. The van der Waals surface area contributed by atoms with Gasteiger partial charge in [0, 0.05) is 32.1 Å². The predicted molar refractivity (Wildman–Crippen MR) is 92.7 cm³/mol. The number of nitrogens with zero attached hydrogens (tertiary/aromatic N) is 2. The summed E-state index contributed by atoms with van der Waals surface area (Å²) in [6.07, 6.45) is 0. The molecule has 0 unspecified atom stereocenters. The molecule has 0 spiro atoms. The Bertz CT molecular complexity index is 581. The van der Waals surface area contributed by atoms with Gasteiger partial charge in [0.15, 0.2) is 0 Å². The number of carbonyl (C=O) groups excluding carboxylic acids is 2. The Morgan fingerprint density at radius 3 is 2.43 bits per heavy atom. The van der Waals surface area contributed by atoms with Gasteiger partial charge in [-0.05, 0) is 24.6 Å². The molecule has 1 aliphatic heterocycles. The lowest BCUT2D eigenvalue weighted by atomic mass is 10.1. The largest absolute Gasteiger partial charge is 0.340 e. The van der Waals surface area contributed by atoms with E-state index in [1.165, 1.54) is 0 Å². The molecule has 23 heavy (non-hydrogen) atoms. The Balaban J connectivity index is 1.82. The van der Waals surface area contributed by atoms with E-state index in [0.29, 0.717) is 43.4 Å². The maximum Gasteiger partial charge on any atom is 0.238 e. The van der Waals surface area contributed by atoms with Crippen molar-refractivity contribution in [3.05, 3.63) is 28.8 Å². The highest BCUT2D eigenvalue weighted by molar-refractivity contribution is 6.33. The molecule has 2 amide bonds. The van der Waals surface area contributed by atoms with Crippen LogP contribution in [0.15, 0.2) is 18.2 Å². The molecule has 0 aliphatic carbocycles. The molecule has 1 N–H and O–H groups in total. The first kappa shape index (κ1) is 17.8. The maximum atomic E-state index is 12.1. The molecule has 6 heteroatoms. The average Bonchev–Trinajstić information content (AvgIpc) is 2.50. The zero-order valence-electron chi connectivity index (χ0n) is 13.9. The van der Waals surface area contributed by atoms with Crippen LogP contribution >= 0.6 is 11.6 Å². The highest BCUT2D eigenvalue weighted by Crippen LogP contribution is 2.22. The van der Waals surface area contributed by atoms with Gasteiger partial charge in [-0.1, -0.05) is 31.5 Å². The fraction of sp³-hybridized carbons (Fsp3) is 0.529. The van der Waals surface area contributed by atoms with Crippen molar-refractivity contribution in [2.24, 2.45) is 5.92 Å². The Hall–Kier alpha value is -1.59. The predicted octanol–water partition coefficient (Wildman–Crippen LogP) is 2.39. The van der Waals surface area contributed by atoms with Crippen LogP contribution < -0.4 is 5.32 Å². The number of rotatable bonds is 4. The van der Waals surface area contributed by atoms with Crippen LogP contribution in [0, 0.1) is 12.8 Å². The van der Waals surface area contributed by atoms with E-state index in [4.69, 9.17) is 11.6 Å². The third kappa shape index (κ3) is 4.94. The second-order valence-electron chi connectivity index (χ2n) is 6.29. The second kappa shape index (κ2) is 7.79. The third-order valence-electron chi connectivity index (χ3n) is 3.94. The second-order valence-corrected chi connectivity index (χ2v) is 6.69. The lowest BCUT2D eigenvalue weighted by Crippen LogP contribution is -2.51. The van der Waals surface area contributed by atoms with Gasteiger partial charge in [-0.3, -0.25) is 14.5 Å². The smallest absolute Gasteiger partial charge is 0.238 e. The van der Waals surface area contributed by atoms with E-state index in [1.54, 1.807) is 0 Å². The Kier molecular flexibility index (Phi) is 6.02. The van der Waals surface area contributed by atoms with Gasteiger partial charge < -0.3 is 10.2 Å². The van der Waals surface area contributed by atoms with Gasteiger partial charge in [0.1, 0.15) is 0 Å². The summed E-state index contributed by atoms with van der Waals surface area (Å²) in [5.74, 6) is 0.119. The van der Waals surface area contributed by atoms with Crippen molar-refractivity contribution in [1.29, 1.82) is 0 Å². The number of halogens is 1. The van der Waals surface area contributed by atoms with Gasteiger partial charge in [0.25, 0.3) is 0 Å². The minimum Gasteiger partial charge on any atom is -0.340 e. The van der Waals surface area contributed by atoms with Gasteiger partial charge in [-0.15, -0.1) is 0 Å². The molecule has 1 saturated heterocycles. The van der Waals surface area contributed by atoms with Crippen molar-refractivity contribution in [2.45, 2.75) is 20.8 Å². The summed E-state index contributed by atoms with van der Waals surface area (Å²) in [5, 5.41) is 3.39. The van der Waals surface area contributed by atoms with Gasteiger partial charge >= 0.3 is 0 Å². The number of nitrogens with one attached hydrogen (secondary N) is 1. The first-order chi connectivity index (χ1) is 10.9. The van der Waals surface area contributed by atoms with Crippen molar-refractivity contribution in [1.82, 2.24) is 9.80 Å². The molecule has 1 aliphatic rings. The number of amides is 2. The fourth-order valence-corrected chi connectivity index (χ4v) is 2.89. The van der Waals surface area contributed by atoms with E-state index in [9.17, 15) is 9.59 Å². The van der Waals surface area contributed by atoms with Crippen LogP contribution in [0.5, 0.6) is 0 Å². The van der Waals surface area contributed by atoms with E-state index in [-0.39, 0.29) is 17.7 Å². The van der Waals surface area contributed by atoms with E-state index in [0.717, 1.165) is 5.56 Å². The van der Waals surface area contributed by atoms with Crippen molar-refractivity contribution in [3.8, 4) is 0 Å². The van der Waals surface area contributed by atoms with Crippen molar-refractivity contribution in [2.75, 3.05) is 38.0 Å². The summed E-state index contributed by atoms with van der Waals surface area (Å²) < 4.78 is 0. The van der Waals surface area contributed by atoms with Crippen LogP contribution in [-0.2, 0) is 9.59 Å². The van der Waals surface area contributed by atoms with Crippen LogP contribution in [0.1, 0.15) is 19.4 Å². The van der Waals surface area contributed by atoms with E-state index >= 15 is 0 Å².